The fourth-order valence-corrected chi connectivity index (χ4v) is 4.35. The first-order valence-electron chi connectivity index (χ1n) is 10.4. The summed E-state index contributed by atoms with van der Waals surface area (Å²) in [7, 11) is 1.63. The van der Waals surface area contributed by atoms with E-state index >= 15 is 0 Å². The average Bonchev–Trinajstić information content (AvgIpc) is 3.38. The average molecular weight is 387 g/mol. The van der Waals surface area contributed by atoms with E-state index in [-0.39, 0.29) is 12.5 Å². The lowest BCUT2D eigenvalue weighted by atomic mass is 9.95. The van der Waals surface area contributed by atoms with Crippen molar-refractivity contribution in [3.63, 3.8) is 0 Å². The Hall–Kier alpha value is -1.78. The van der Waals surface area contributed by atoms with Gasteiger partial charge in [-0.1, -0.05) is 41.9 Å². The van der Waals surface area contributed by atoms with Crippen molar-refractivity contribution in [3.8, 4) is 0 Å². The number of aliphatic hydroxyl groups excluding tert-OH is 2. The van der Waals surface area contributed by atoms with Gasteiger partial charge in [-0.15, -0.1) is 0 Å². The number of hydrogen-bond acceptors (Lipinski definition) is 4. The van der Waals surface area contributed by atoms with Crippen LogP contribution < -0.4 is 0 Å². The van der Waals surface area contributed by atoms with Crippen LogP contribution in [0.15, 0.2) is 58.1 Å². The van der Waals surface area contributed by atoms with E-state index in [0.29, 0.717) is 11.7 Å². The maximum Gasteiger partial charge on any atom is 0.158 e. The summed E-state index contributed by atoms with van der Waals surface area (Å²) < 4.78 is 11.5. The van der Waals surface area contributed by atoms with Gasteiger partial charge in [-0.2, -0.15) is 0 Å². The van der Waals surface area contributed by atoms with Gasteiger partial charge in [0.2, 0.25) is 0 Å². The summed E-state index contributed by atoms with van der Waals surface area (Å²) in [5, 5.41) is 20.7. The molecular formula is C24H34O4. The van der Waals surface area contributed by atoms with Gasteiger partial charge in [-0.05, 0) is 63.5 Å². The lowest BCUT2D eigenvalue weighted by Gasteiger charge is -2.24. The molecule has 0 bridgehead atoms. The van der Waals surface area contributed by atoms with Gasteiger partial charge in [0.25, 0.3) is 0 Å². The van der Waals surface area contributed by atoms with E-state index in [1.54, 1.807) is 12.7 Å². The van der Waals surface area contributed by atoms with Crippen molar-refractivity contribution in [2.75, 3.05) is 13.7 Å². The van der Waals surface area contributed by atoms with Gasteiger partial charge in [0.1, 0.15) is 11.9 Å². The molecule has 3 rings (SSSR count). The van der Waals surface area contributed by atoms with E-state index < -0.39 is 12.2 Å². The van der Waals surface area contributed by atoms with Gasteiger partial charge in [-0.25, -0.2) is 0 Å². The van der Waals surface area contributed by atoms with Gasteiger partial charge in [0.15, 0.2) is 11.9 Å². The molecule has 0 aromatic heterocycles. The van der Waals surface area contributed by atoms with Crippen LogP contribution in [0.2, 0.25) is 0 Å². The minimum absolute atomic E-state index is 0.151. The molecule has 0 spiro atoms. The van der Waals surface area contributed by atoms with E-state index in [1.165, 1.54) is 24.8 Å². The van der Waals surface area contributed by atoms with Crippen molar-refractivity contribution in [2.24, 2.45) is 11.8 Å². The Kier molecular flexibility index (Phi) is 6.84. The Morgan fingerprint density at radius 1 is 1.21 bits per heavy atom. The predicted molar refractivity (Wildman–Crippen MR) is 111 cm³/mol. The van der Waals surface area contributed by atoms with Crippen molar-refractivity contribution >= 4 is 0 Å². The van der Waals surface area contributed by atoms with E-state index in [4.69, 9.17) is 9.47 Å². The van der Waals surface area contributed by atoms with E-state index in [1.807, 2.05) is 19.1 Å². The lowest BCUT2D eigenvalue weighted by Crippen LogP contribution is -2.33. The highest BCUT2D eigenvalue weighted by atomic mass is 16.5. The molecule has 154 valence electrons. The molecule has 0 aromatic rings. The lowest BCUT2D eigenvalue weighted by molar-refractivity contribution is -0.0171. The molecule has 2 N–H and O–H groups in total. The number of methoxy groups -OCH3 is 1. The highest BCUT2D eigenvalue weighted by Gasteiger charge is 2.31. The summed E-state index contributed by atoms with van der Waals surface area (Å²) in [4.78, 5) is 0. The molecule has 3 aliphatic carbocycles. The zero-order valence-corrected chi connectivity index (χ0v) is 17.6. The molecule has 4 atom stereocenters. The van der Waals surface area contributed by atoms with Gasteiger partial charge < -0.3 is 19.7 Å². The first-order valence-corrected chi connectivity index (χ1v) is 10.4. The first-order chi connectivity index (χ1) is 13.4. The molecule has 4 heteroatoms. The Morgan fingerprint density at radius 2 is 2.00 bits per heavy atom. The quantitative estimate of drug-likeness (QED) is 0.570. The van der Waals surface area contributed by atoms with Crippen LogP contribution in [0.4, 0.5) is 0 Å². The summed E-state index contributed by atoms with van der Waals surface area (Å²) in [5.41, 5.74) is 4.83. The summed E-state index contributed by atoms with van der Waals surface area (Å²) >= 11 is 0. The largest absolute Gasteiger partial charge is 0.497 e. The Morgan fingerprint density at radius 3 is 2.64 bits per heavy atom. The number of allylic oxidation sites excluding steroid dienone is 6. The molecular weight excluding hydrogens is 352 g/mol. The Balaban J connectivity index is 1.66. The maximum atomic E-state index is 10.9. The van der Waals surface area contributed by atoms with Crippen LogP contribution in [-0.2, 0) is 9.47 Å². The molecule has 0 fully saturated rings. The maximum absolute atomic E-state index is 10.9. The molecule has 0 amide bonds. The number of aliphatic hydroxyl groups is 2. The standard InChI is InChI=1S/C24H34O4/c1-15-12-21(24(27-4)17(15)3)28-22(14-25)23(26)20-11-16(2)19(13-20)10-9-18-7-5-6-8-18/h7,11-13,17,19,22-23,25-26H,5-6,8-10,14H2,1-4H3. The molecule has 28 heavy (non-hydrogen) atoms. The van der Waals surface area contributed by atoms with Crippen molar-refractivity contribution < 1.29 is 19.7 Å². The predicted octanol–water partition coefficient (Wildman–Crippen LogP) is 4.57. The van der Waals surface area contributed by atoms with Crippen molar-refractivity contribution in [2.45, 2.75) is 65.1 Å². The fraction of sp³-hybridized carbons (Fsp3) is 0.583. The minimum atomic E-state index is -0.870. The van der Waals surface area contributed by atoms with Crippen LogP contribution >= 0.6 is 0 Å². The Labute approximate surface area is 168 Å². The second-order valence-corrected chi connectivity index (χ2v) is 8.28. The van der Waals surface area contributed by atoms with Crippen molar-refractivity contribution in [1.29, 1.82) is 0 Å². The summed E-state index contributed by atoms with van der Waals surface area (Å²) in [6, 6.07) is 0. The van der Waals surface area contributed by atoms with E-state index in [0.717, 1.165) is 29.7 Å². The topological polar surface area (TPSA) is 58.9 Å². The third-order valence-electron chi connectivity index (χ3n) is 6.33. The molecule has 0 saturated heterocycles. The first kappa shape index (κ1) is 20.9. The summed E-state index contributed by atoms with van der Waals surface area (Å²) in [5.74, 6) is 1.86. The Bertz CT molecular complexity index is 738. The van der Waals surface area contributed by atoms with Gasteiger partial charge in [0, 0.05) is 5.92 Å². The van der Waals surface area contributed by atoms with Gasteiger partial charge in [-0.3, -0.25) is 0 Å². The van der Waals surface area contributed by atoms with Crippen LogP contribution in [-0.4, -0.2) is 36.1 Å². The monoisotopic (exact) mass is 386 g/mol. The molecule has 0 saturated carbocycles. The SMILES string of the molecule is COC1=C(OC(CO)C(O)C2=CC(CCC3=CCCC3)C(C)=C2)C=C(C)C1C. The molecule has 0 aliphatic heterocycles. The number of rotatable bonds is 9. The van der Waals surface area contributed by atoms with Crippen molar-refractivity contribution in [3.05, 3.63) is 58.1 Å². The van der Waals surface area contributed by atoms with Crippen LogP contribution in [0, 0.1) is 11.8 Å². The van der Waals surface area contributed by atoms with Crippen LogP contribution in [0.1, 0.15) is 52.9 Å². The van der Waals surface area contributed by atoms with Gasteiger partial charge in [0.05, 0.1) is 13.7 Å². The zero-order chi connectivity index (χ0) is 20.3. The smallest absolute Gasteiger partial charge is 0.158 e. The number of hydrogen-bond donors (Lipinski definition) is 2. The molecule has 4 nitrogen and oxygen atoms in total. The third kappa shape index (κ3) is 4.44. The zero-order valence-electron chi connectivity index (χ0n) is 17.6. The highest BCUT2D eigenvalue weighted by molar-refractivity contribution is 5.39. The summed E-state index contributed by atoms with van der Waals surface area (Å²) in [6.45, 7) is 5.95. The summed E-state index contributed by atoms with van der Waals surface area (Å²) in [6.07, 6.45) is 12.9. The van der Waals surface area contributed by atoms with E-state index in [9.17, 15) is 10.2 Å². The molecule has 4 unspecified atom stereocenters. The van der Waals surface area contributed by atoms with Gasteiger partial charge >= 0.3 is 0 Å². The minimum Gasteiger partial charge on any atom is -0.497 e. The number of ether oxygens (including phenoxy) is 2. The fourth-order valence-electron chi connectivity index (χ4n) is 4.35. The van der Waals surface area contributed by atoms with Crippen LogP contribution in [0.5, 0.6) is 0 Å². The van der Waals surface area contributed by atoms with Crippen molar-refractivity contribution in [1.82, 2.24) is 0 Å². The van der Waals surface area contributed by atoms with E-state index in [2.05, 4.69) is 26.0 Å². The molecule has 3 aliphatic rings. The third-order valence-corrected chi connectivity index (χ3v) is 6.33. The normalized spacial score (nSPS) is 26.6. The second kappa shape index (κ2) is 9.15. The van der Waals surface area contributed by atoms with Crippen LogP contribution in [0.25, 0.3) is 0 Å². The highest BCUT2D eigenvalue weighted by Crippen LogP contribution is 2.36. The molecule has 0 aromatic carbocycles. The molecule has 0 heterocycles. The van der Waals surface area contributed by atoms with Crippen LogP contribution in [0.3, 0.4) is 0 Å². The molecule has 0 radical (unpaired) electrons. The second-order valence-electron chi connectivity index (χ2n) is 8.28.